The molecule has 0 spiro atoms. The number of benzene rings is 1. The van der Waals surface area contributed by atoms with Crippen molar-refractivity contribution in [1.82, 2.24) is 14.8 Å². The van der Waals surface area contributed by atoms with Crippen molar-refractivity contribution in [3.05, 3.63) is 34.1 Å². The van der Waals surface area contributed by atoms with E-state index < -0.39 is 11.7 Å². The average Bonchev–Trinajstić information content (AvgIpc) is 2.80. The molecule has 0 aliphatic rings. The molecular weight excluding hydrogens is 403 g/mol. The standard InChI is InChI=1S/C12H10Br2F3N3/c1-2-20-10(6-13)18-19-11(20)8-4-3-7(14)5-9(8)12(15,16)17/h3-5H,2,6H2,1H3. The second-order valence-corrected chi connectivity index (χ2v) is 5.48. The number of hydrogen-bond donors (Lipinski definition) is 0. The first-order valence-corrected chi connectivity index (χ1v) is 7.65. The molecule has 2 rings (SSSR count). The Morgan fingerprint density at radius 1 is 1.25 bits per heavy atom. The van der Waals surface area contributed by atoms with Crippen LogP contribution in [0.15, 0.2) is 22.7 Å². The molecule has 108 valence electrons. The van der Waals surface area contributed by atoms with Crippen LogP contribution in [0.3, 0.4) is 0 Å². The fourth-order valence-electron chi connectivity index (χ4n) is 1.91. The van der Waals surface area contributed by atoms with Crippen LogP contribution in [0.25, 0.3) is 11.4 Å². The second kappa shape index (κ2) is 5.85. The lowest BCUT2D eigenvalue weighted by molar-refractivity contribution is -0.137. The van der Waals surface area contributed by atoms with Crippen LogP contribution < -0.4 is 0 Å². The van der Waals surface area contributed by atoms with Crippen molar-refractivity contribution in [2.45, 2.75) is 25.0 Å². The van der Waals surface area contributed by atoms with Crippen molar-refractivity contribution in [3.8, 4) is 11.4 Å². The van der Waals surface area contributed by atoms with Gasteiger partial charge in [0.25, 0.3) is 0 Å². The van der Waals surface area contributed by atoms with Gasteiger partial charge >= 0.3 is 6.18 Å². The van der Waals surface area contributed by atoms with Crippen LogP contribution in [-0.4, -0.2) is 14.8 Å². The van der Waals surface area contributed by atoms with Gasteiger partial charge in [-0.05, 0) is 25.1 Å². The minimum absolute atomic E-state index is 0.0299. The molecule has 2 aromatic rings. The van der Waals surface area contributed by atoms with E-state index in [0.717, 1.165) is 6.07 Å². The summed E-state index contributed by atoms with van der Waals surface area (Å²) in [4.78, 5) is 0. The molecule has 0 atom stereocenters. The van der Waals surface area contributed by atoms with E-state index in [4.69, 9.17) is 0 Å². The normalized spacial score (nSPS) is 11.9. The van der Waals surface area contributed by atoms with E-state index in [-0.39, 0.29) is 11.4 Å². The van der Waals surface area contributed by atoms with Gasteiger partial charge in [0, 0.05) is 16.6 Å². The van der Waals surface area contributed by atoms with Crippen LogP contribution in [0.2, 0.25) is 0 Å². The molecule has 0 amide bonds. The van der Waals surface area contributed by atoms with Gasteiger partial charge in [-0.1, -0.05) is 31.9 Å². The van der Waals surface area contributed by atoms with Gasteiger partial charge in [-0.15, -0.1) is 10.2 Å². The van der Waals surface area contributed by atoms with Gasteiger partial charge in [0.15, 0.2) is 5.82 Å². The maximum absolute atomic E-state index is 13.2. The zero-order valence-corrected chi connectivity index (χ0v) is 13.5. The minimum atomic E-state index is -4.45. The minimum Gasteiger partial charge on any atom is -0.311 e. The Morgan fingerprint density at radius 3 is 2.50 bits per heavy atom. The Hall–Kier alpha value is -0.890. The summed E-state index contributed by atoms with van der Waals surface area (Å²) in [6, 6.07) is 4.02. The van der Waals surface area contributed by atoms with E-state index in [1.54, 1.807) is 10.6 Å². The maximum atomic E-state index is 13.2. The van der Waals surface area contributed by atoms with E-state index in [2.05, 4.69) is 42.1 Å². The zero-order valence-electron chi connectivity index (χ0n) is 10.4. The number of halogens is 5. The van der Waals surface area contributed by atoms with Gasteiger partial charge in [-0.3, -0.25) is 0 Å². The first-order valence-electron chi connectivity index (χ1n) is 5.73. The number of aromatic nitrogens is 3. The van der Waals surface area contributed by atoms with Crippen LogP contribution in [0.1, 0.15) is 18.3 Å². The van der Waals surface area contributed by atoms with Crippen LogP contribution in [0.5, 0.6) is 0 Å². The van der Waals surface area contributed by atoms with E-state index in [9.17, 15) is 13.2 Å². The lowest BCUT2D eigenvalue weighted by Crippen LogP contribution is -2.10. The monoisotopic (exact) mass is 411 g/mol. The highest BCUT2D eigenvalue weighted by molar-refractivity contribution is 9.10. The molecular formula is C12H10Br2F3N3. The van der Waals surface area contributed by atoms with Gasteiger partial charge in [-0.2, -0.15) is 13.2 Å². The summed E-state index contributed by atoms with van der Waals surface area (Å²) in [5.41, 5.74) is -0.697. The lowest BCUT2D eigenvalue weighted by atomic mass is 10.1. The van der Waals surface area contributed by atoms with Crippen LogP contribution in [-0.2, 0) is 18.1 Å². The summed E-state index contributed by atoms with van der Waals surface area (Å²) in [6.07, 6.45) is -4.45. The molecule has 0 saturated carbocycles. The third-order valence-corrected chi connectivity index (χ3v) is 3.79. The number of hydrogen-bond acceptors (Lipinski definition) is 2. The Labute approximate surface area is 130 Å². The van der Waals surface area contributed by atoms with Crippen molar-refractivity contribution in [3.63, 3.8) is 0 Å². The molecule has 0 aliphatic heterocycles. The molecule has 0 unspecified atom stereocenters. The van der Waals surface area contributed by atoms with E-state index in [0.29, 0.717) is 22.2 Å². The van der Waals surface area contributed by atoms with Crippen LogP contribution in [0, 0.1) is 0 Å². The molecule has 0 bridgehead atoms. The smallest absolute Gasteiger partial charge is 0.311 e. The highest BCUT2D eigenvalue weighted by Gasteiger charge is 2.35. The largest absolute Gasteiger partial charge is 0.417 e. The predicted molar refractivity (Wildman–Crippen MR) is 76.5 cm³/mol. The predicted octanol–water partition coefficient (Wildman–Crippen LogP) is 4.64. The lowest BCUT2D eigenvalue weighted by Gasteiger charge is -2.14. The first kappa shape index (κ1) is 15.5. The molecule has 1 aromatic heterocycles. The molecule has 0 saturated heterocycles. The molecule has 8 heteroatoms. The topological polar surface area (TPSA) is 30.7 Å². The van der Waals surface area contributed by atoms with Crippen molar-refractivity contribution < 1.29 is 13.2 Å². The van der Waals surface area contributed by atoms with E-state index in [1.165, 1.54) is 6.07 Å². The quantitative estimate of drug-likeness (QED) is 0.687. The Bertz CT molecular complexity index is 623. The van der Waals surface area contributed by atoms with Crippen molar-refractivity contribution in [2.24, 2.45) is 0 Å². The zero-order chi connectivity index (χ0) is 14.9. The SMILES string of the molecule is CCn1c(CBr)nnc1-c1ccc(Br)cc1C(F)(F)F. The van der Waals surface area contributed by atoms with E-state index in [1.807, 2.05) is 6.92 Å². The molecule has 3 nitrogen and oxygen atoms in total. The third kappa shape index (κ3) is 2.90. The van der Waals surface area contributed by atoms with Gasteiger partial charge in [0.2, 0.25) is 0 Å². The highest BCUT2D eigenvalue weighted by Crippen LogP contribution is 2.38. The molecule has 0 N–H and O–H groups in total. The van der Waals surface area contributed by atoms with Crippen molar-refractivity contribution in [2.75, 3.05) is 0 Å². The van der Waals surface area contributed by atoms with Gasteiger partial charge in [-0.25, -0.2) is 0 Å². The fraction of sp³-hybridized carbons (Fsp3) is 0.333. The summed E-state index contributed by atoms with van der Waals surface area (Å²) in [7, 11) is 0. The molecule has 0 radical (unpaired) electrons. The summed E-state index contributed by atoms with van der Waals surface area (Å²) in [5, 5.41) is 8.25. The molecule has 0 fully saturated rings. The molecule has 1 aromatic carbocycles. The van der Waals surface area contributed by atoms with Crippen LogP contribution >= 0.6 is 31.9 Å². The van der Waals surface area contributed by atoms with Gasteiger partial charge in [0.05, 0.1) is 10.9 Å². The average molecular weight is 413 g/mol. The van der Waals surface area contributed by atoms with Gasteiger partial charge in [0.1, 0.15) is 5.82 Å². The Balaban J connectivity index is 2.67. The van der Waals surface area contributed by atoms with E-state index >= 15 is 0 Å². The van der Waals surface area contributed by atoms with Crippen molar-refractivity contribution >= 4 is 31.9 Å². The van der Waals surface area contributed by atoms with Crippen LogP contribution in [0.4, 0.5) is 13.2 Å². The maximum Gasteiger partial charge on any atom is 0.417 e. The highest BCUT2D eigenvalue weighted by atomic mass is 79.9. The molecule has 20 heavy (non-hydrogen) atoms. The second-order valence-electron chi connectivity index (χ2n) is 4.01. The Morgan fingerprint density at radius 2 is 1.95 bits per heavy atom. The molecule has 0 aliphatic carbocycles. The number of nitrogens with zero attached hydrogens (tertiary/aromatic N) is 3. The summed E-state index contributed by atoms with van der Waals surface area (Å²) >= 11 is 6.32. The first-order chi connectivity index (χ1) is 9.38. The summed E-state index contributed by atoms with van der Waals surface area (Å²) in [6.45, 7) is 2.34. The third-order valence-electron chi connectivity index (χ3n) is 2.79. The number of alkyl halides is 4. The van der Waals surface area contributed by atoms with Crippen molar-refractivity contribution in [1.29, 1.82) is 0 Å². The molecule has 1 heterocycles. The number of rotatable bonds is 3. The van der Waals surface area contributed by atoms with Gasteiger partial charge < -0.3 is 4.57 Å². The fourth-order valence-corrected chi connectivity index (χ4v) is 2.69. The summed E-state index contributed by atoms with van der Waals surface area (Å²) in [5.74, 6) is 0.820. The summed E-state index contributed by atoms with van der Waals surface area (Å²) < 4.78 is 41.5. The Kier molecular flexibility index (Phi) is 4.53.